The van der Waals surface area contributed by atoms with Crippen molar-refractivity contribution >= 4 is 27.3 Å². The van der Waals surface area contributed by atoms with Crippen LogP contribution in [0.15, 0.2) is 14.6 Å². The van der Waals surface area contributed by atoms with E-state index in [1.165, 1.54) is 0 Å². The van der Waals surface area contributed by atoms with Gasteiger partial charge in [0, 0.05) is 18.9 Å². The maximum absolute atomic E-state index is 11.7. The smallest absolute Gasteiger partial charge is 0.265 e. The zero-order valence-corrected chi connectivity index (χ0v) is 12.4. The van der Waals surface area contributed by atoms with Crippen LogP contribution < -0.4 is 5.56 Å². The number of ether oxygens (including phenoxy) is 1. The number of nitrogens with zero attached hydrogens (tertiary/aromatic N) is 2. The molecule has 0 aromatic carbocycles. The van der Waals surface area contributed by atoms with Gasteiger partial charge in [-0.1, -0.05) is 0 Å². The van der Waals surface area contributed by atoms with Crippen LogP contribution in [0.4, 0.5) is 0 Å². The highest BCUT2D eigenvalue weighted by atomic mass is 79.9. The van der Waals surface area contributed by atoms with Crippen LogP contribution in [0, 0.1) is 6.92 Å². The van der Waals surface area contributed by atoms with Gasteiger partial charge in [0.2, 0.25) is 0 Å². The number of methoxy groups -OCH3 is 1. The number of aromatic amines is 1. The largest absolute Gasteiger partial charge is 0.378 e. The van der Waals surface area contributed by atoms with Crippen LogP contribution in [0.25, 0.3) is 0 Å². The predicted octanol–water partition coefficient (Wildman–Crippen LogP) is 2.03. The lowest BCUT2D eigenvalue weighted by Crippen LogP contribution is -2.16. The fraction of sp³-hybridized carbons (Fsp3) is 0.364. The Hall–Kier alpha value is -1.05. The number of nitrogens with one attached hydrogen (secondary N) is 1. The molecule has 18 heavy (non-hydrogen) atoms. The number of hydrogen-bond acceptors (Lipinski definition) is 5. The molecule has 0 saturated heterocycles. The molecule has 0 radical (unpaired) electrons. The van der Waals surface area contributed by atoms with Crippen LogP contribution in [0.1, 0.15) is 22.2 Å². The highest BCUT2D eigenvalue weighted by molar-refractivity contribution is 9.10. The minimum absolute atomic E-state index is 0.195. The molecule has 2 aromatic rings. The van der Waals surface area contributed by atoms with Gasteiger partial charge in [0.1, 0.15) is 10.3 Å². The van der Waals surface area contributed by atoms with Gasteiger partial charge < -0.3 is 9.72 Å². The normalized spacial score (nSPS) is 10.8. The first-order chi connectivity index (χ1) is 8.60. The Morgan fingerprint density at radius 2 is 2.28 bits per heavy atom. The molecule has 2 heterocycles. The van der Waals surface area contributed by atoms with Crippen LogP contribution in [0.5, 0.6) is 0 Å². The summed E-state index contributed by atoms with van der Waals surface area (Å²) < 4.78 is 5.43. The molecule has 2 rings (SSSR count). The fourth-order valence-corrected chi connectivity index (χ4v) is 2.45. The fourth-order valence-electron chi connectivity index (χ4n) is 1.53. The second kappa shape index (κ2) is 5.73. The average Bonchev–Trinajstić information content (AvgIpc) is 2.71. The van der Waals surface area contributed by atoms with Crippen molar-refractivity contribution in [1.82, 2.24) is 15.0 Å². The van der Waals surface area contributed by atoms with Crippen molar-refractivity contribution in [3.05, 3.63) is 42.4 Å². The molecule has 5 nitrogen and oxygen atoms in total. The second-order valence-corrected chi connectivity index (χ2v) is 5.60. The van der Waals surface area contributed by atoms with Gasteiger partial charge in [0.25, 0.3) is 5.56 Å². The van der Waals surface area contributed by atoms with E-state index in [9.17, 15) is 4.79 Å². The third kappa shape index (κ3) is 3.04. The van der Waals surface area contributed by atoms with Gasteiger partial charge in [-0.05, 0) is 22.9 Å². The standard InChI is InChI=1S/C11H12BrN3O2S/c1-6-13-7(5-18-6)3-9-14-8(4-17-2)10(12)11(16)15-9/h5H,3-4H2,1-2H3,(H,14,15,16). The molecule has 0 bridgehead atoms. The topological polar surface area (TPSA) is 67.9 Å². The third-order valence-electron chi connectivity index (χ3n) is 2.28. The molecule has 0 atom stereocenters. The number of aromatic nitrogens is 3. The Bertz CT molecular complexity index is 609. The van der Waals surface area contributed by atoms with Crippen molar-refractivity contribution in [1.29, 1.82) is 0 Å². The van der Waals surface area contributed by atoms with E-state index < -0.39 is 0 Å². The molecule has 0 saturated carbocycles. The van der Waals surface area contributed by atoms with E-state index in [1.54, 1.807) is 18.4 Å². The molecule has 0 spiro atoms. The minimum Gasteiger partial charge on any atom is -0.378 e. The molecule has 0 fully saturated rings. The van der Waals surface area contributed by atoms with E-state index in [2.05, 4.69) is 30.9 Å². The highest BCUT2D eigenvalue weighted by Gasteiger charge is 2.10. The lowest BCUT2D eigenvalue weighted by atomic mass is 10.3. The summed E-state index contributed by atoms with van der Waals surface area (Å²) >= 11 is 4.79. The molecule has 7 heteroatoms. The third-order valence-corrected chi connectivity index (χ3v) is 3.92. The maximum atomic E-state index is 11.7. The summed E-state index contributed by atoms with van der Waals surface area (Å²) in [7, 11) is 1.57. The first-order valence-corrected chi connectivity index (χ1v) is 6.95. The summed E-state index contributed by atoms with van der Waals surface area (Å²) in [6.07, 6.45) is 0.517. The summed E-state index contributed by atoms with van der Waals surface area (Å²) in [5, 5.41) is 2.97. The summed E-state index contributed by atoms with van der Waals surface area (Å²) in [6.45, 7) is 2.25. The van der Waals surface area contributed by atoms with E-state index in [1.807, 2.05) is 12.3 Å². The molecule has 0 unspecified atom stereocenters. The summed E-state index contributed by atoms with van der Waals surface area (Å²) in [5.41, 5.74) is 1.31. The van der Waals surface area contributed by atoms with E-state index in [-0.39, 0.29) is 5.56 Å². The van der Waals surface area contributed by atoms with Crippen LogP contribution in [0.2, 0.25) is 0 Å². The minimum atomic E-state index is -0.195. The highest BCUT2D eigenvalue weighted by Crippen LogP contribution is 2.13. The SMILES string of the molecule is COCc1nc(Cc2csc(C)n2)[nH]c(=O)c1Br. The Morgan fingerprint density at radius 3 is 2.89 bits per heavy atom. The Labute approximate surface area is 116 Å². The first-order valence-electron chi connectivity index (χ1n) is 5.27. The van der Waals surface area contributed by atoms with E-state index in [4.69, 9.17) is 4.74 Å². The van der Waals surface area contributed by atoms with Gasteiger partial charge in [-0.25, -0.2) is 9.97 Å². The molecular weight excluding hydrogens is 318 g/mol. The molecular formula is C11H12BrN3O2S. The zero-order chi connectivity index (χ0) is 13.1. The van der Waals surface area contributed by atoms with Gasteiger partial charge >= 0.3 is 0 Å². The number of rotatable bonds is 4. The maximum Gasteiger partial charge on any atom is 0.265 e. The second-order valence-electron chi connectivity index (χ2n) is 3.74. The summed E-state index contributed by atoms with van der Waals surface area (Å²) in [5.74, 6) is 0.598. The van der Waals surface area contributed by atoms with Gasteiger partial charge in [-0.2, -0.15) is 0 Å². The Kier molecular flexibility index (Phi) is 4.26. The van der Waals surface area contributed by atoms with Gasteiger partial charge in [0.15, 0.2) is 0 Å². The van der Waals surface area contributed by atoms with Crippen molar-refractivity contribution in [2.24, 2.45) is 0 Å². The molecule has 2 aromatic heterocycles. The zero-order valence-electron chi connectivity index (χ0n) is 9.99. The molecule has 96 valence electrons. The quantitative estimate of drug-likeness (QED) is 0.931. The van der Waals surface area contributed by atoms with Crippen molar-refractivity contribution in [2.75, 3.05) is 7.11 Å². The van der Waals surface area contributed by atoms with E-state index in [0.29, 0.717) is 29.0 Å². The monoisotopic (exact) mass is 329 g/mol. The lowest BCUT2D eigenvalue weighted by Gasteiger charge is -2.04. The predicted molar refractivity (Wildman–Crippen MR) is 72.9 cm³/mol. The number of hydrogen-bond donors (Lipinski definition) is 1. The van der Waals surface area contributed by atoms with Gasteiger partial charge in [-0.3, -0.25) is 4.79 Å². The number of aryl methyl sites for hydroxylation is 1. The number of thiazole rings is 1. The Morgan fingerprint density at radius 1 is 1.50 bits per heavy atom. The van der Waals surface area contributed by atoms with E-state index >= 15 is 0 Å². The molecule has 0 aliphatic heterocycles. The molecule has 0 amide bonds. The molecule has 0 aliphatic rings. The van der Waals surface area contributed by atoms with Gasteiger partial charge in [-0.15, -0.1) is 11.3 Å². The van der Waals surface area contributed by atoms with Crippen LogP contribution in [-0.4, -0.2) is 22.1 Å². The summed E-state index contributed by atoms with van der Waals surface area (Å²) in [6, 6.07) is 0. The van der Waals surface area contributed by atoms with Crippen LogP contribution in [-0.2, 0) is 17.8 Å². The van der Waals surface area contributed by atoms with E-state index in [0.717, 1.165) is 10.7 Å². The number of halogens is 1. The molecule has 0 aliphatic carbocycles. The van der Waals surface area contributed by atoms with Crippen molar-refractivity contribution in [2.45, 2.75) is 20.0 Å². The van der Waals surface area contributed by atoms with Gasteiger partial charge in [0.05, 0.1) is 23.0 Å². The van der Waals surface area contributed by atoms with Crippen molar-refractivity contribution in [3.8, 4) is 0 Å². The first kappa shape index (κ1) is 13.4. The molecule has 1 N–H and O–H groups in total. The number of H-pyrrole nitrogens is 1. The summed E-state index contributed by atoms with van der Waals surface area (Å²) in [4.78, 5) is 23.2. The lowest BCUT2D eigenvalue weighted by molar-refractivity contribution is 0.180. The van der Waals surface area contributed by atoms with Crippen molar-refractivity contribution in [3.63, 3.8) is 0 Å². The van der Waals surface area contributed by atoms with Crippen molar-refractivity contribution < 1.29 is 4.74 Å². The average molecular weight is 330 g/mol. The van der Waals surface area contributed by atoms with Crippen LogP contribution in [0.3, 0.4) is 0 Å². The van der Waals surface area contributed by atoms with Crippen LogP contribution >= 0.6 is 27.3 Å². The Balaban J connectivity index is 2.31.